The maximum absolute atomic E-state index is 13.1. The van der Waals surface area contributed by atoms with Crippen LogP contribution in [0.5, 0.6) is 0 Å². The summed E-state index contributed by atoms with van der Waals surface area (Å²) < 4.78 is 1.74. The van der Waals surface area contributed by atoms with Crippen LogP contribution < -0.4 is 10.6 Å². The van der Waals surface area contributed by atoms with Crippen molar-refractivity contribution in [3.05, 3.63) is 71.1 Å². The molecule has 3 aromatic heterocycles. The van der Waals surface area contributed by atoms with Gasteiger partial charge in [0.15, 0.2) is 0 Å². The lowest BCUT2D eigenvalue weighted by molar-refractivity contribution is -0.122. The smallest absolute Gasteiger partial charge is 0.242 e. The van der Waals surface area contributed by atoms with E-state index in [4.69, 9.17) is 4.98 Å². The Morgan fingerprint density at radius 3 is 2.76 bits per heavy atom. The third-order valence-electron chi connectivity index (χ3n) is 6.15. The van der Waals surface area contributed by atoms with Crippen molar-refractivity contribution in [1.29, 1.82) is 0 Å². The Labute approximate surface area is 192 Å². The molecule has 3 heterocycles. The summed E-state index contributed by atoms with van der Waals surface area (Å²) in [5.74, 6) is 1.95. The van der Waals surface area contributed by atoms with Gasteiger partial charge in [0.05, 0.1) is 17.4 Å². The number of carbonyl (C=O) groups excluding carboxylic acids is 1. The second-order valence-corrected chi connectivity index (χ2v) is 8.83. The molecular formula is C25H29N7O. The van der Waals surface area contributed by atoms with E-state index in [1.165, 1.54) is 0 Å². The van der Waals surface area contributed by atoms with Crippen LogP contribution in [0.25, 0.3) is 10.9 Å². The number of amides is 1. The predicted molar refractivity (Wildman–Crippen MR) is 128 cm³/mol. The fourth-order valence-corrected chi connectivity index (χ4v) is 4.28. The number of anilines is 1. The van der Waals surface area contributed by atoms with Gasteiger partial charge in [-0.2, -0.15) is 5.10 Å². The highest BCUT2D eigenvalue weighted by Crippen LogP contribution is 2.39. The van der Waals surface area contributed by atoms with Crippen molar-refractivity contribution in [2.24, 2.45) is 0 Å². The average Bonchev–Trinajstić information content (AvgIpc) is 3.52. The average molecular weight is 444 g/mol. The molecule has 1 atom stereocenters. The number of carbonyl (C=O) groups is 1. The van der Waals surface area contributed by atoms with Gasteiger partial charge in [0.25, 0.3) is 0 Å². The molecule has 4 aromatic rings. The van der Waals surface area contributed by atoms with E-state index in [1.807, 2.05) is 51.4 Å². The highest BCUT2D eigenvalue weighted by Gasteiger charge is 2.29. The third-order valence-corrected chi connectivity index (χ3v) is 6.15. The summed E-state index contributed by atoms with van der Waals surface area (Å²) in [5, 5.41) is 12.0. The molecule has 1 fully saturated rings. The number of fused-ring (bicyclic) bond motifs is 1. The second-order valence-electron chi connectivity index (χ2n) is 8.83. The van der Waals surface area contributed by atoms with Crippen molar-refractivity contribution >= 4 is 22.6 Å². The number of aromatic nitrogens is 5. The van der Waals surface area contributed by atoms with Crippen molar-refractivity contribution in [1.82, 2.24) is 30.0 Å². The van der Waals surface area contributed by atoms with Crippen LogP contribution in [0.4, 0.5) is 5.82 Å². The van der Waals surface area contributed by atoms with Crippen molar-refractivity contribution < 1.29 is 4.79 Å². The van der Waals surface area contributed by atoms with Gasteiger partial charge < -0.3 is 15.6 Å². The first-order valence-corrected chi connectivity index (χ1v) is 11.4. The summed E-state index contributed by atoms with van der Waals surface area (Å²) in [7, 11) is 1.86. The number of benzene rings is 1. The van der Waals surface area contributed by atoms with E-state index in [0.717, 1.165) is 58.0 Å². The van der Waals surface area contributed by atoms with Gasteiger partial charge in [-0.3, -0.25) is 9.48 Å². The van der Waals surface area contributed by atoms with Crippen LogP contribution >= 0.6 is 0 Å². The number of aromatic amines is 1. The molecule has 0 radical (unpaired) electrons. The van der Waals surface area contributed by atoms with E-state index in [-0.39, 0.29) is 18.5 Å². The Kier molecular flexibility index (Phi) is 5.58. The zero-order chi connectivity index (χ0) is 22.9. The molecule has 0 aliphatic heterocycles. The summed E-state index contributed by atoms with van der Waals surface area (Å²) in [5.41, 5.74) is 4.91. The van der Waals surface area contributed by atoms with Gasteiger partial charge in [-0.05, 0) is 44.4 Å². The number of rotatable bonds is 8. The van der Waals surface area contributed by atoms with Crippen molar-refractivity contribution in [3.8, 4) is 0 Å². The van der Waals surface area contributed by atoms with Crippen LogP contribution in [0.15, 0.2) is 42.6 Å². The number of para-hydroxylation sites is 1. The van der Waals surface area contributed by atoms with Gasteiger partial charge in [0.1, 0.15) is 18.2 Å². The molecule has 0 saturated heterocycles. The molecular weight excluding hydrogens is 414 g/mol. The second kappa shape index (κ2) is 8.69. The molecule has 8 heteroatoms. The van der Waals surface area contributed by atoms with Crippen molar-refractivity contribution in [3.63, 3.8) is 0 Å². The molecule has 1 saturated carbocycles. The fraction of sp³-hybridized carbons (Fsp3) is 0.360. The SMILES string of the molecule is CNc1cc([C@H](Cc2c[nH]c3ccccc23)NC(=O)Cn2nc(C)cc2C)nc(C2CC2)n1. The highest BCUT2D eigenvalue weighted by atomic mass is 16.2. The van der Waals surface area contributed by atoms with Crippen LogP contribution in [0.3, 0.4) is 0 Å². The summed E-state index contributed by atoms with van der Waals surface area (Å²) in [6.07, 6.45) is 4.87. The Morgan fingerprint density at radius 1 is 1.21 bits per heavy atom. The maximum Gasteiger partial charge on any atom is 0.242 e. The zero-order valence-corrected chi connectivity index (χ0v) is 19.2. The van der Waals surface area contributed by atoms with E-state index in [2.05, 4.69) is 37.8 Å². The van der Waals surface area contributed by atoms with Gasteiger partial charge in [0, 0.05) is 48.2 Å². The number of nitrogens with one attached hydrogen (secondary N) is 3. The quantitative estimate of drug-likeness (QED) is 0.385. The lowest BCUT2D eigenvalue weighted by Crippen LogP contribution is -2.34. The monoisotopic (exact) mass is 443 g/mol. The Morgan fingerprint density at radius 2 is 2.03 bits per heavy atom. The number of hydrogen-bond donors (Lipinski definition) is 3. The molecule has 0 bridgehead atoms. The molecule has 1 aromatic carbocycles. The third kappa shape index (κ3) is 4.60. The molecule has 1 aliphatic carbocycles. The molecule has 5 rings (SSSR count). The highest BCUT2D eigenvalue weighted by molar-refractivity contribution is 5.83. The molecule has 3 N–H and O–H groups in total. The molecule has 0 spiro atoms. The lowest BCUT2D eigenvalue weighted by Gasteiger charge is -2.20. The summed E-state index contributed by atoms with van der Waals surface area (Å²) in [6.45, 7) is 4.06. The fourth-order valence-electron chi connectivity index (χ4n) is 4.28. The van der Waals surface area contributed by atoms with Crippen LogP contribution in [-0.2, 0) is 17.8 Å². The first kappa shape index (κ1) is 21.2. The Balaban J connectivity index is 1.47. The number of hydrogen-bond acceptors (Lipinski definition) is 5. The first-order valence-electron chi connectivity index (χ1n) is 11.4. The Hall–Kier alpha value is -3.68. The van der Waals surface area contributed by atoms with E-state index < -0.39 is 0 Å². The Bertz CT molecular complexity index is 1300. The van der Waals surface area contributed by atoms with Crippen LogP contribution in [0.2, 0.25) is 0 Å². The summed E-state index contributed by atoms with van der Waals surface area (Å²) >= 11 is 0. The first-order chi connectivity index (χ1) is 16.0. The summed E-state index contributed by atoms with van der Waals surface area (Å²) in [4.78, 5) is 26.0. The van der Waals surface area contributed by atoms with Gasteiger partial charge in [0.2, 0.25) is 5.91 Å². The topological polar surface area (TPSA) is 101 Å². The van der Waals surface area contributed by atoms with Gasteiger partial charge in [-0.15, -0.1) is 0 Å². The molecule has 8 nitrogen and oxygen atoms in total. The standard InChI is InChI=1S/C25H29N7O/c1-15-10-16(2)32(31-15)14-24(33)28-21(11-18-13-27-20-7-5-4-6-19(18)20)22-12-23(26-3)30-25(29-22)17-8-9-17/h4-7,10,12-13,17,21,27H,8-9,11,14H2,1-3H3,(H,28,33)(H,26,29,30)/t21-/m0/s1. The molecule has 1 amide bonds. The number of H-pyrrole nitrogens is 1. The van der Waals surface area contributed by atoms with Gasteiger partial charge in [-0.1, -0.05) is 18.2 Å². The zero-order valence-electron chi connectivity index (χ0n) is 19.2. The van der Waals surface area contributed by atoms with Crippen LogP contribution in [0, 0.1) is 13.8 Å². The maximum atomic E-state index is 13.1. The normalized spacial score (nSPS) is 14.4. The van der Waals surface area contributed by atoms with E-state index in [9.17, 15) is 4.79 Å². The molecule has 33 heavy (non-hydrogen) atoms. The van der Waals surface area contributed by atoms with E-state index >= 15 is 0 Å². The van der Waals surface area contributed by atoms with E-state index in [1.54, 1.807) is 4.68 Å². The van der Waals surface area contributed by atoms with Crippen molar-refractivity contribution in [2.75, 3.05) is 12.4 Å². The molecule has 1 aliphatic rings. The largest absolute Gasteiger partial charge is 0.373 e. The summed E-state index contributed by atoms with van der Waals surface area (Å²) in [6, 6.07) is 11.8. The van der Waals surface area contributed by atoms with Gasteiger partial charge >= 0.3 is 0 Å². The van der Waals surface area contributed by atoms with Crippen LogP contribution in [0.1, 0.15) is 53.3 Å². The minimum absolute atomic E-state index is 0.0939. The predicted octanol–water partition coefficient (Wildman–Crippen LogP) is 3.79. The van der Waals surface area contributed by atoms with Gasteiger partial charge in [-0.25, -0.2) is 9.97 Å². The molecule has 170 valence electrons. The van der Waals surface area contributed by atoms with Crippen molar-refractivity contribution in [2.45, 2.75) is 51.6 Å². The number of aryl methyl sites for hydroxylation is 2. The van der Waals surface area contributed by atoms with Crippen LogP contribution in [-0.4, -0.2) is 37.7 Å². The van der Waals surface area contributed by atoms with E-state index in [0.29, 0.717) is 12.3 Å². The molecule has 0 unspecified atom stereocenters. The lowest BCUT2D eigenvalue weighted by atomic mass is 10.0. The number of nitrogens with zero attached hydrogens (tertiary/aromatic N) is 4. The minimum atomic E-state index is -0.290. The minimum Gasteiger partial charge on any atom is -0.373 e.